The molecule has 2 fully saturated rings. The van der Waals surface area contributed by atoms with Crippen molar-refractivity contribution < 1.29 is 18.3 Å². The molecule has 0 amide bonds. The van der Waals surface area contributed by atoms with Crippen molar-refractivity contribution >= 4 is 24.9 Å². The lowest BCUT2D eigenvalue weighted by molar-refractivity contribution is 0.0513. The molecule has 41 heavy (non-hydrogen) atoms. The molecule has 1 aliphatic heterocycles. The summed E-state index contributed by atoms with van der Waals surface area (Å²) >= 11 is 0. The van der Waals surface area contributed by atoms with Gasteiger partial charge in [-0.05, 0) is 80.0 Å². The SMILES string of the molecule is COCOc1cc(C2CC2)cc(F)c1-c1nnc(N[C@@H]2CCCN(CCO[Si](C)(C)C(C)(C)C)C2)c2cnccc12. The highest BCUT2D eigenvalue weighted by molar-refractivity contribution is 6.74. The van der Waals surface area contributed by atoms with Gasteiger partial charge in [0.1, 0.15) is 17.3 Å². The van der Waals surface area contributed by atoms with Gasteiger partial charge < -0.3 is 19.2 Å². The van der Waals surface area contributed by atoms with E-state index in [1.807, 2.05) is 12.1 Å². The smallest absolute Gasteiger partial charge is 0.192 e. The largest absolute Gasteiger partial charge is 0.467 e. The topological polar surface area (TPSA) is 81.6 Å². The molecule has 8 nitrogen and oxygen atoms in total. The third kappa shape index (κ3) is 6.88. The van der Waals surface area contributed by atoms with E-state index in [9.17, 15) is 0 Å². The molecule has 1 aromatic carbocycles. The van der Waals surface area contributed by atoms with E-state index in [1.54, 1.807) is 25.6 Å². The van der Waals surface area contributed by atoms with Crippen LogP contribution in [0.1, 0.15) is 57.9 Å². The molecule has 5 rings (SSSR count). The molecule has 10 heteroatoms. The van der Waals surface area contributed by atoms with Crippen molar-refractivity contribution in [3.05, 3.63) is 42.0 Å². The summed E-state index contributed by atoms with van der Waals surface area (Å²) in [6, 6.07) is 5.61. The van der Waals surface area contributed by atoms with Crippen LogP contribution in [0.25, 0.3) is 22.0 Å². The molecule has 0 bridgehead atoms. The third-order valence-electron chi connectivity index (χ3n) is 8.80. The van der Waals surface area contributed by atoms with Crippen LogP contribution in [-0.4, -0.2) is 74.6 Å². The number of likely N-dealkylation sites (tertiary alicyclic amines) is 1. The van der Waals surface area contributed by atoms with E-state index in [1.165, 1.54) is 0 Å². The number of halogens is 1. The summed E-state index contributed by atoms with van der Waals surface area (Å²) in [6.07, 6.45) is 7.75. The van der Waals surface area contributed by atoms with Crippen LogP contribution in [0.15, 0.2) is 30.6 Å². The summed E-state index contributed by atoms with van der Waals surface area (Å²) in [6.45, 7) is 15.1. The Hall–Kier alpha value is -2.66. The first-order valence-corrected chi connectivity index (χ1v) is 17.7. The van der Waals surface area contributed by atoms with Gasteiger partial charge in [0, 0.05) is 56.0 Å². The van der Waals surface area contributed by atoms with Gasteiger partial charge in [0.2, 0.25) is 0 Å². The van der Waals surface area contributed by atoms with Crippen LogP contribution in [0.2, 0.25) is 18.1 Å². The number of ether oxygens (including phenoxy) is 2. The summed E-state index contributed by atoms with van der Waals surface area (Å²) in [4.78, 5) is 6.83. The van der Waals surface area contributed by atoms with Gasteiger partial charge in [-0.25, -0.2) is 4.39 Å². The maximum Gasteiger partial charge on any atom is 0.192 e. The molecule has 1 saturated heterocycles. The molecule has 0 radical (unpaired) electrons. The number of pyridine rings is 1. The third-order valence-corrected chi connectivity index (χ3v) is 13.3. The summed E-state index contributed by atoms with van der Waals surface area (Å²) in [7, 11) is -0.212. The fourth-order valence-corrected chi connectivity index (χ4v) is 6.26. The van der Waals surface area contributed by atoms with E-state index in [0.717, 1.165) is 68.3 Å². The number of rotatable bonds is 11. The zero-order valence-electron chi connectivity index (χ0n) is 25.3. The maximum absolute atomic E-state index is 15.7. The van der Waals surface area contributed by atoms with Gasteiger partial charge in [-0.15, -0.1) is 10.2 Å². The highest BCUT2D eigenvalue weighted by Gasteiger charge is 2.37. The van der Waals surface area contributed by atoms with Gasteiger partial charge in [0.05, 0.1) is 5.56 Å². The van der Waals surface area contributed by atoms with Gasteiger partial charge in [-0.1, -0.05) is 20.8 Å². The normalized spacial score (nSPS) is 18.6. The standard InChI is InChI=1S/C31H44FN5O3Si/c1-31(2,3)41(5,6)40-15-14-37-13-7-8-23(19-37)34-30-25-18-33-12-11-24(25)29(35-36-30)28-26(32)16-22(21-9-10-21)17-27(28)39-20-38-4/h11-12,16-18,21,23H,7-10,13-15,19-20H2,1-6H3,(H,34,36)/t23-/m1/s1. The van der Waals surface area contributed by atoms with E-state index in [-0.39, 0.29) is 23.7 Å². The van der Waals surface area contributed by atoms with E-state index in [4.69, 9.17) is 13.9 Å². The Bertz CT molecular complexity index is 1360. The minimum absolute atomic E-state index is 0.0201. The average Bonchev–Trinajstić information content (AvgIpc) is 3.78. The molecule has 3 aromatic rings. The first kappa shape index (κ1) is 29.8. The molecule has 0 unspecified atom stereocenters. The summed E-state index contributed by atoms with van der Waals surface area (Å²) in [5.41, 5.74) is 1.69. The lowest BCUT2D eigenvalue weighted by Gasteiger charge is -2.38. The minimum atomic E-state index is -1.76. The predicted molar refractivity (Wildman–Crippen MR) is 163 cm³/mol. The van der Waals surface area contributed by atoms with Gasteiger partial charge in [0.15, 0.2) is 20.9 Å². The first-order valence-electron chi connectivity index (χ1n) is 14.8. The van der Waals surface area contributed by atoms with Crippen LogP contribution in [0, 0.1) is 5.82 Å². The van der Waals surface area contributed by atoms with Crippen molar-refractivity contribution in [3.8, 4) is 17.0 Å². The molecule has 3 heterocycles. The van der Waals surface area contributed by atoms with E-state index >= 15 is 4.39 Å². The van der Waals surface area contributed by atoms with Crippen LogP contribution in [0.3, 0.4) is 0 Å². The van der Waals surface area contributed by atoms with Crippen LogP contribution >= 0.6 is 0 Å². The number of anilines is 1. The van der Waals surface area contributed by atoms with E-state index in [2.05, 4.69) is 59.3 Å². The van der Waals surface area contributed by atoms with Crippen LogP contribution in [-0.2, 0) is 9.16 Å². The Balaban J connectivity index is 1.35. The molecule has 2 aliphatic rings. The quantitative estimate of drug-likeness (QED) is 0.201. The number of fused-ring (bicyclic) bond motifs is 1. The fourth-order valence-electron chi connectivity index (χ4n) is 5.22. The van der Waals surface area contributed by atoms with E-state index in [0.29, 0.717) is 28.7 Å². The average molecular weight is 582 g/mol. The van der Waals surface area contributed by atoms with Crippen molar-refractivity contribution in [3.63, 3.8) is 0 Å². The van der Waals surface area contributed by atoms with Gasteiger partial charge in [-0.3, -0.25) is 9.88 Å². The molecular weight excluding hydrogens is 537 g/mol. The molecule has 1 N–H and O–H groups in total. The number of hydrogen-bond donors (Lipinski definition) is 1. The second kappa shape index (κ2) is 12.3. The fraction of sp³-hybridized carbons (Fsp3) is 0.581. The zero-order chi connectivity index (χ0) is 29.2. The monoisotopic (exact) mass is 581 g/mol. The number of piperidine rings is 1. The number of methoxy groups -OCH3 is 1. The molecule has 1 atom stereocenters. The van der Waals surface area contributed by atoms with Crippen LogP contribution < -0.4 is 10.1 Å². The van der Waals surface area contributed by atoms with Gasteiger partial charge in [-0.2, -0.15) is 0 Å². The Morgan fingerprint density at radius 2 is 1.93 bits per heavy atom. The number of benzene rings is 1. The van der Waals surface area contributed by atoms with Crippen LogP contribution in [0.4, 0.5) is 10.2 Å². The van der Waals surface area contributed by atoms with Crippen molar-refractivity contribution in [2.75, 3.05) is 45.5 Å². The molecule has 1 aliphatic carbocycles. The predicted octanol–water partition coefficient (Wildman–Crippen LogP) is 6.59. The minimum Gasteiger partial charge on any atom is -0.467 e. The number of nitrogens with zero attached hydrogens (tertiary/aromatic N) is 4. The zero-order valence-corrected chi connectivity index (χ0v) is 26.3. The Morgan fingerprint density at radius 1 is 1.12 bits per heavy atom. The molecular formula is C31H44FN5O3Si. The Labute approximate surface area is 244 Å². The molecule has 222 valence electrons. The first-order chi connectivity index (χ1) is 19.6. The summed E-state index contributed by atoms with van der Waals surface area (Å²) in [5, 5.41) is 14.5. The number of hydrogen-bond acceptors (Lipinski definition) is 8. The Morgan fingerprint density at radius 3 is 2.66 bits per heavy atom. The highest BCUT2D eigenvalue weighted by atomic mass is 28.4. The van der Waals surface area contributed by atoms with Crippen molar-refractivity contribution in [1.29, 1.82) is 0 Å². The highest BCUT2D eigenvalue weighted by Crippen LogP contribution is 2.45. The lowest BCUT2D eigenvalue weighted by atomic mass is 10.0. The Kier molecular flexibility index (Phi) is 8.94. The molecule has 1 saturated carbocycles. The van der Waals surface area contributed by atoms with Crippen molar-refractivity contribution in [1.82, 2.24) is 20.1 Å². The lowest BCUT2D eigenvalue weighted by Crippen LogP contribution is -2.46. The van der Waals surface area contributed by atoms with Crippen molar-refractivity contribution in [2.45, 2.75) is 76.5 Å². The summed E-state index contributed by atoms with van der Waals surface area (Å²) in [5.74, 6) is 1.10. The second-order valence-corrected chi connectivity index (χ2v) is 17.7. The van der Waals surface area contributed by atoms with Crippen molar-refractivity contribution in [2.24, 2.45) is 0 Å². The number of nitrogens with one attached hydrogen (secondary N) is 1. The van der Waals surface area contributed by atoms with E-state index < -0.39 is 8.32 Å². The van der Waals surface area contributed by atoms with Gasteiger partial charge in [0.25, 0.3) is 0 Å². The number of aromatic nitrogens is 3. The molecule has 2 aromatic heterocycles. The molecule has 0 spiro atoms. The second-order valence-electron chi connectivity index (χ2n) is 12.9. The van der Waals surface area contributed by atoms with Crippen LogP contribution in [0.5, 0.6) is 5.75 Å². The van der Waals surface area contributed by atoms with Gasteiger partial charge >= 0.3 is 0 Å². The summed E-state index contributed by atoms with van der Waals surface area (Å²) < 4.78 is 33.1. The maximum atomic E-state index is 15.7.